The Morgan fingerprint density at radius 3 is 2.80 bits per heavy atom. The number of rotatable bonds is 3. The molecule has 6 nitrogen and oxygen atoms in total. The number of carbonyl (C=O) groups is 1. The molecule has 2 heterocycles. The van der Waals surface area contributed by atoms with Gasteiger partial charge in [0.2, 0.25) is 0 Å². The van der Waals surface area contributed by atoms with Gasteiger partial charge in [0.05, 0.1) is 18.4 Å². The van der Waals surface area contributed by atoms with Gasteiger partial charge in [0.15, 0.2) is 0 Å². The average molecular weight is 340 g/mol. The smallest absolute Gasteiger partial charge is 0.257 e. The SMILES string of the molecule is COc1cc(C)ccc1C(=O)N1CCCC(c2cc(N)nc(C)n2)C1. The van der Waals surface area contributed by atoms with Gasteiger partial charge in [-0.1, -0.05) is 6.07 Å². The van der Waals surface area contributed by atoms with Crippen LogP contribution < -0.4 is 10.5 Å². The predicted octanol–water partition coefficient (Wildman–Crippen LogP) is 2.70. The number of amides is 1. The summed E-state index contributed by atoms with van der Waals surface area (Å²) in [6.45, 7) is 5.19. The number of anilines is 1. The highest BCUT2D eigenvalue weighted by Crippen LogP contribution is 2.29. The number of likely N-dealkylation sites (tertiary alicyclic amines) is 1. The standard InChI is InChI=1S/C19H24N4O2/c1-12-6-7-15(17(9-12)25-3)19(24)23-8-4-5-14(11-23)16-10-18(20)22-13(2)21-16/h6-7,9-10,14H,4-5,8,11H2,1-3H3,(H2,20,21,22). The molecule has 0 saturated carbocycles. The minimum absolute atomic E-state index is 0.000278. The Bertz CT molecular complexity index is 771. The molecule has 25 heavy (non-hydrogen) atoms. The molecule has 1 saturated heterocycles. The topological polar surface area (TPSA) is 81.3 Å². The zero-order valence-corrected chi connectivity index (χ0v) is 15.0. The lowest BCUT2D eigenvalue weighted by Gasteiger charge is -2.33. The average Bonchev–Trinajstić information content (AvgIpc) is 2.60. The Balaban J connectivity index is 1.82. The molecule has 1 aliphatic heterocycles. The van der Waals surface area contributed by atoms with Gasteiger partial charge in [0.25, 0.3) is 5.91 Å². The van der Waals surface area contributed by atoms with E-state index < -0.39 is 0 Å². The molecule has 6 heteroatoms. The van der Waals surface area contributed by atoms with Crippen LogP contribution in [0.25, 0.3) is 0 Å². The summed E-state index contributed by atoms with van der Waals surface area (Å²) in [5, 5.41) is 0. The first-order chi connectivity index (χ1) is 12.0. The van der Waals surface area contributed by atoms with E-state index in [9.17, 15) is 4.79 Å². The summed E-state index contributed by atoms with van der Waals surface area (Å²) in [7, 11) is 1.59. The van der Waals surface area contributed by atoms with Gasteiger partial charge in [-0.3, -0.25) is 4.79 Å². The second kappa shape index (κ2) is 7.09. The van der Waals surface area contributed by atoms with Crippen molar-refractivity contribution in [2.75, 3.05) is 25.9 Å². The number of aromatic nitrogens is 2. The molecule has 1 aliphatic rings. The molecule has 1 aromatic carbocycles. The highest BCUT2D eigenvalue weighted by molar-refractivity contribution is 5.97. The monoisotopic (exact) mass is 340 g/mol. The summed E-state index contributed by atoms with van der Waals surface area (Å²) < 4.78 is 5.40. The van der Waals surface area contributed by atoms with Crippen LogP contribution in [-0.2, 0) is 0 Å². The first-order valence-corrected chi connectivity index (χ1v) is 8.53. The number of piperidine rings is 1. The first kappa shape index (κ1) is 17.2. The lowest BCUT2D eigenvalue weighted by molar-refractivity contribution is 0.0702. The third kappa shape index (κ3) is 3.73. The molecule has 1 unspecified atom stereocenters. The maximum atomic E-state index is 13.0. The summed E-state index contributed by atoms with van der Waals surface area (Å²) in [4.78, 5) is 23.5. The summed E-state index contributed by atoms with van der Waals surface area (Å²) in [6.07, 6.45) is 1.93. The van der Waals surface area contributed by atoms with Gasteiger partial charge in [0.1, 0.15) is 17.4 Å². The van der Waals surface area contributed by atoms with Gasteiger partial charge >= 0.3 is 0 Å². The molecule has 2 aromatic rings. The molecular weight excluding hydrogens is 316 g/mol. The number of nitrogens with zero attached hydrogens (tertiary/aromatic N) is 3. The van der Waals surface area contributed by atoms with Crippen LogP contribution in [0.2, 0.25) is 0 Å². The molecular formula is C19H24N4O2. The van der Waals surface area contributed by atoms with Gasteiger partial charge in [-0.25, -0.2) is 9.97 Å². The molecule has 1 fully saturated rings. The molecule has 1 atom stereocenters. The maximum absolute atomic E-state index is 13.0. The predicted molar refractivity (Wildman–Crippen MR) is 96.8 cm³/mol. The van der Waals surface area contributed by atoms with E-state index in [0.717, 1.165) is 30.6 Å². The van der Waals surface area contributed by atoms with Crippen LogP contribution in [0.5, 0.6) is 5.75 Å². The van der Waals surface area contributed by atoms with Crippen molar-refractivity contribution in [1.82, 2.24) is 14.9 Å². The third-order valence-corrected chi connectivity index (χ3v) is 4.59. The lowest BCUT2D eigenvalue weighted by atomic mass is 9.93. The number of benzene rings is 1. The lowest BCUT2D eigenvalue weighted by Crippen LogP contribution is -2.39. The number of nitrogen functional groups attached to an aromatic ring is 1. The number of methoxy groups -OCH3 is 1. The zero-order valence-electron chi connectivity index (χ0n) is 15.0. The van der Waals surface area contributed by atoms with Gasteiger partial charge in [0, 0.05) is 25.1 Å². The van der Waals surface area contributed by atoms with E-state index in [-0.39, 0.29) is 11.8 Å². The maximum Gasteiger partial charge on any atom is 0.257 e. The van der Waals surface area contributed by atoms with Crippen LogP contribution in [0.3, 0.4) is 0 Å². The van der Waals surface area contributed by atoms with E-state index in [1.54, 1.807) is 7.11 Å². The highest BCUT2D eigenvalue weighted by Gasteiger charge is 2.28. The molecule has 0 radical (unpaired) electrons. The van der Waals surface area contributed by atoms with E-state index in [4.69, 9.17) is 10.5 Å². The largest absolute Gasteiger partial charge is 0.496 e. The zero-order chi connectivity index (χ0) is 18.0. The number of hydrogen-bond donors (Lipinski definition) is 1. The van der Waals surface area contributed by atoms with E-state index in [1.807, 2.05) is 43.0 Å². The Morgan fingerprint density at radius 2 is 2.08 bits per heavy atom. The summed E-state index contributed by atoms with van der Waals surface area (Å²) in [6, 6.07) is 7.49. The van der Waals surface area contributed by atoms with Crippen LogP contribution in [0.15, 0.2) is 24.3 Å². The quantitative estimate of drug-likeness (QED) is 0.929. The number of ether oxygens (including phenoxy) is 1. The van der Waals surface area contributed by atoms with Gasteiger partial charge in [-0.05, 0) is 44.4 Å². The fourth-order valence-electron chi connectivity index (χ4n) is 3.37. The molecule has 132 valence electrons. The van der Waals surface area contributed by atoms with Crippen molar-refractivity contribution < 1.29 is 9.53 Å². The molecule has 1 amide bonds. The summed E-state index contributed by atoms with van der Waals surface area (Å²) in [5.74, 6) is 1.94. The Morgan fingerprint density at radius 1 is 1.28 bits per heavy atom. The van der Waals surface area contributed by atoms with E-state index >= 15 is 0 Å². The van der Waals surface area contributed by atoms with Crippen LogP contribution in [0.4, 0.5) is 5.82 Å². The minimum atomic E-state index is 0.000278. The second-order valence-corrected chi connectivity index (χ2v) is 6.56. The minimum Gasteiger partial charge on any atom is -0.496 e. The fraction of sp³-hybridized carbons (Fsp3) is 0.421. The fourth-order valence-corrected chi connectivity index (χ4v) is 3.37. The molecule has 0 aliphatic carbocycles. The van der Waals surface area contributed by atoms with Crippen molar-refractivity contribution in [2.24, 2.45) is 0 Å². The second-order valence-electron chi connectivity index (χ2n) is 6.56. The molecule has 1 aromatic heterocycles. The normalized spacial score (nSPS) is 17.4. The van der Waals surface area contributed by atoms with Crippen molar-refractivity contribution >= 4 is 11.7 Å². The van der Waals surface area contributed by atoms with Crippen LogP contribution in [-0.4, -0.2) is 41.0 Å². The number of aryl methyl sites for hydroxylation is 2. The molecule has 3 rings (SSSR count). The summed E-state index contributed by atoms with van der Waals surface area (Å²) in [5.41, 5.74) is 8.44. The van der Waals surface area contributed by atoms with E-state index in [0.29, 0.717) is 29.5 Å². The van der Waals surface area contributed by atoms with E-state index in [1.165, 1.54) is 0 Å². The first-order valence-electron chi connectivity index (χ1n) is 8.53. The Hall–Kier alpha value is -2.63. The van der Waals surface area contributed by atoms with Crippen LogP contribution in [0, 0.1) is 13.8 Å². The molecule has 2 N–H and O–H groups in total. The number of carbonyl (C=O) groups excluding carboxylic acids is 1. The van der Waals surface area contributed by atoms with Crippen LogP contribution in [0.1, 0.15) is 46.2 Å². The van der Waals surface area contributed by atoms with Gasteiger partial charge in [-0.15, -0.1) is 0 Å². The van der Waals surface area contributed by atoms with Crippen molar-refractivity contribution in [2.45, 2.75) is 32.6 Å². The Labute approximate surface area is 148 Å². The van der Waals surface area contributed by atoms with Gasteiger partial charge in [-0.2, -0.15) is 0 Å². The van der Waals surface area contributed by atoms with Crippen LogP contribution >= 0.6 is 0 Å². The summed E-state index contributed by atoms with van der Waals surface area (Å²) >= 11 is 0. The molecule has 0 spiro atoms. The van der Waals surface area contributed by atoms with Crippen molar-refractivity contribution in [1.29, 1.82) is 0 Å². The highest BCUT2D eigenvalue weighted by atomic mass is 16.5. The Kier molecular flexibility index (Phi) is 4.88. The van der Waals surface area contributed by atoms with Crippen molar-refractivity contribution in [3.63, 3.8) is 0 Å². The van der Waals surface area contributed by atoms with Gasteiger partial charge < -0.3 is 15.4 Å². The third-order valence-electron chi connectivity index (χ3n) is 4.59. The van der Waals surface area contributed by atoms with E-state index in [2.05, 4.69) is 9.97 Å². The number of nitrogens with two attached hydrogens (primary N) is 1. The van der Waals surface area contributed by atoms with Crippen molar-refractivity contribution in [3.05, 3.63) is 46.9 Å². The molecule has 0 bridgehead atoms. The number of hydrogen-bond acceptors (Lipinski definition) is 5. The van der Waals surface area contributed by atoms with Crippen molar-refractivity contribution in [3.8, 4) is 5.75 Å².